The Balaban J connectivity index is 1.67. The number of methoxy groups -OCH3 is 2. The Hall–Kier alpha value is -3.67. The highest BCUT2D eigenvalue weighted by molar-refractivity contribution is 14.1. The van der Waals surface area contributed by atoms with Crippen LogP contribution < -0.4 is 19.6 Å². The predicted molar refractivity (Wildman–Crippen MR) is 131 cm³/mol. The first-order valence-corrected chi connectivity index (χ1v) is 10.7. The minimum absolute atomic E-state index is 0.0213. The molecular weight excluding hydrogens is 541 g/mol. The molecule has 170 valence electrons. The van der Waals surface area contributed by atoms with E-state index in [0.717, 1.165) is 9.13 Å². The van der Waals surface area contributed by atoms with Crippen molar-refractivity contribution in [3.8, 4) is 17.2 Å². The van der Waals surface area contributed by atoms with Gasteiger partial charge in [-0.25, -0.2) is 5.43 Å². The molecule has 3 rings (SSSR count). The highest BCUT2D eigenvalue weighted by Gasteiger charge is 2.12. The number of nitro groups is 1. The first-order valence-electron chi connectivity index (χ1n) is 9.62. The smallest absolute Gasteiger partial charge is 0.271 e. The van der Waals surface area contributed by atoms with Crippen LogP contribution in [0.4, 0.5) is 5.69 Å². The number of amides is 1. The van der Waals surface area contributed by atoms with Gasteiger partial charge in [-0.1, -0.05) is 6.07 Å². The molecule has 10 heteroatoms. The molecule has 1 amide bonds. The molecule has 0 radical (unpaired) electrons. The van der Waals surface area contributed by atoms with Crippen LogP contribution in [0.5, 0.6) is 17.2 Å². The second-order valence-corrected chi connectivity index (χ2v) is 7.84. The van der Waals surface area contributed by atoms with Gasteiger partial charge in [0.25, 0.3) is 11.6 Å². The lowest BCUT2D eigenvalue weighted by molar-refractivity contribution is -0.384. The van der Waals surface area contributed by atoms with Gasteiger partial charge in [-0.05, 0) is 76.2 Å². The summed E-state index contributed by atoms with van der Waals surface area (Å²) < 4.78 is 17.2. The molecule has 3 aromatic rings. The van der Waals surface area contributed by atoms with E-state index in [1.807, 2.05) is 6.07 Å². The summed E-state index contributed by atoms with van der Waals surface area (Å²) in [6.07, 6.45) is 1.50. The van der Waals surface area contributed by atoms with Crippen LogP contribution in [0.2, 0.25) is 0 Å². The molecule has 33 heavy (non-hydrogen) atoms. The van der Waals surface area contributed by atoms with Gasteiger partial charge in [0.2, 0.25) is 0 Å². The Bertz CT molecular complexity index is 1180. The summed E-state index contributed by atoms with van der Waals surface area (Å²) in [6, 6.07) is 16.5. The average molecular weight is 561 g/mol. The van der Waals surface area contributed by atoms with Crippen molar-refractivity contribution in [1.29, 1.82) is 0 Å². The molecule has 0 saturated carbocycles. The normalized spacial score (nSPS) is 10.6. The van der Waals surface area contributed by atoms with Gasteiger partial charge < -0.3 is 14.2 Å². The molecule has 0 atom stereocenters. The molecule has 0 aromatic heterocycles. The highest BCUT2D eigenvalue weighted by atomic mass is 127. The average Bonchev–Trinajstić information content (AvgIpc) is 2.83. The SMILES string of the molecule is COc1cccc(C(=O)N/N=C\c2cc(I)c(OCc3ccc([N+](=O)[O-])cc3)c(OC)c2)c1. The number of nitro benzene ring substituents is 1. The Morgan fingerprint density at radius 1 is 1.12 bits per heavy atom. The van der Waals surface area contributed by atoms with Crippen LogP contribution in [0.3, 0.4) is 0 Å². The van der Waals surface area contributed by atoms with Gasteiger partial charge in [0, 0.05) is 17.7 Å². The molecule has 0 aliphatic carbocycles. The minimum atomic E-state index is -0.448. The van der Waals surface area contributed by atoms with Gasteiger partial charge in [-0.3, -0.25) is 14.9 Å². The van der Waals surface area contributed by atoms with Gasteiger partial charge in [-0.2, -0.15) is 5.10 Å². The number of hydrazone groups is 1. The van der Waals surface area contributed by atoms with Gasteiger partial charge in [0.05, 0.1) is 28.9 Å². The molecule has 0 aliphatic heterocycles. The topological polar surface area (TPSA) is 112 Å². The Labute approximate surface area is 203 Å². The second kappa shape index (κ2) is 11.3. The number of nitrogens with zero attached hydrogens (tertiary/aromatic N) is 2. The van der Waals surface area contributed by atoms with Crippen LogP contribution in [0.1, 0.15) is 21.5 Å². The number of hydrogen-bond donors (Lipinski definition) is 1. The first kappa shape index (κ1) is 24.0. The maximum atomic E-state index is 12.3. The van der Waals surface area contributed by atoms with Crippen molar-refractivity contribution >= 4 is 40.4 Å². The number of rotatable bonds is 9. The lowest BCUT2D eigenvalue weighted by atomic mass is 10.2. The zero-order valence-electron chi connectivity index (χ0n) is 17.8. The van der Waals surface area contributed by atoms with E-state index in [9.17, 15) is 14.9 Å². The van der Waals surface area contributed by atoms with Gasteiger partial charge in [-0.15, -0.1) is 0 Å². The third-order valence-corrected chi connectivity index (χ3v) is 5.30. The van der Waals surface area contributed by atoms with E-state index < -0.39 is 4.92 Å². The summed E-state index contributed by atoms with van der Waals surface area (Å²) in [7, 11) is 3.05. The molecular formula is C23H20IN3O6. The Morgan fingerprint density at radius 2 is 1.88 bits per heavy atom. The number of carbonyl (C=O) groups excluding carboxylic acids is 1. The number of non-ortho nitro benzene ring substituents is 1. The fourth-order valence-electron chi connectivity index (χ4n) is 2.82. The van der Waals surface area contributed by atoms with Crippen LogP contribution >= 0.6 is 22.6 Å². The van der Waals surface area contributed by atoms with Gasteiger partial charge >= 0.3 is 0 Å². The summed E-state index contributed by atoms with van der Waals surface area (Å²) in [4.78, 5) is 22.6. The lowest BCUT2D eigenvalue weighted by Crippen LogP contribution is -2.17. The maximum absolute atomic E-state index is 12.3. The van der Waals surface area contributed by atoms with Crippen LogP contribution in [0.15, 0.2) is 65.8 Å². The van der Waals surface area contributed by atoms with Crippen LogP contribution in [-0.2, 0) is 6.61 Å². The third kappa shape index (κ3) is 6.42. The molecule has 9 nitrogen and oxygen atoms in total. The van der Waals surface area contributed by atoms with Crippen molar-refractivity contribution < 1.29 is 23.9 Å². The summed E-state index contributed by atoms with van der Waals surface area (Å²) in [5.74, 6) is 1.24. The first-order chi connectivity index (χ1) is 15.9. The molecule has 0 aliphatic rings. The second-order valence-electron chi connectivity index (χ2n) is 6.68. The number of hydrogen-bond acceptors (Lipinski definition) is 7. The van der Waals surface area contributed by atoms with Crippen LogP contribution in [-0.4, -0.2) is 31.3 Å². The van der Waals surface area contributed by atoms with Crippen LogP contribution in [0.25, 0.3) is 0 Å². The summed E-state index contributed by atoms with van der Waals surface area (Å²) in [5, 5.41) is 14.8. The number of carbonyl (C=O) groups is 1. The highest BCUT2D eigenvalue weighted by Crippen LogP contribution is 2.34. The predicted octanol–water partition coefficient (Wildman–Crippen LogP) is 4.56. The van der Waals surface area contributed by atoms with Crippen molar-refractivity contribution in [3.05, 3.63) is 91.0 Å². The van der Waals surface area contributed by atoms with Crippen molar-refractivity contribution in [1.82, 2.24) is 5.43 Å². The van der Waals surface area contributed by atoms with Crippen LogP contribution in [0, 0.1) is 13.7 Å². The van der Waals surface area contributed by atoms with E-state index in [2.05, 4.69) is 33.1 Å². The zero-order valence-corrected chi connectivity index (χ0v) is 19.9. The quantitative estimate of drug-likeness (QED) is 0.178. The summed E-state index contributed by atoms with van der Waals surface area (Å²) in [5.41, 5.74) is 4.41. The maximum Gasteiger partial charge on any atom is 0.271 e. The van der Waals surface area contributed by atoms with E-state index in [1.165, 1.54) is 32.6 Å². The van der Waals surface area contributed by atoms with Crippen molar-refractivity contribution in [2.24, 2.45) is 5.10 Å². The Morgan fingerprint density at radius 3 is 2.55 bits per heavy atom. The number of benzene rings is 3. The number of nitrogens with one attached hydrogen (secondary N) is 1. The van der Waals surface area contributed by atoms with E-state index in [-0.39, 0.29) is 18.2 Å². The largest absolute Gasteiger partial charge is 0.497 e. The molecule has 0 bridgehead atoms. The summed E-state index contributed by atoms with van der Waals surface area (Å²) in [6.45, 7) is 0.217. The standard InChI is InChI=1S/C23H20IN3O6/c1-31-19-5-3-4-17(12-19)23(28)26-25-13-16-10-20(24)22(21(11-16)32-2)33-14-15-6-8-18(9-7-15)27(29)30/h3-13H,14H2,1-2H3,(H,26,28)/b25-13-. The molecule has 0 unspecified atom stereocenters. The zero-order chi connectivity index (χ0) is 23.8. The van der Waals surface area contributed by atoms with E-state index in [4.69, 9.17) is 14.2 Å². The summed E-state index contributed by atoms with van der Waals surface area (Å²) >= 11 is 2.12. The van der Waals surface area contributed by atoms with E-state index in [1.54, 1.807) is 42.5 Å². The fourth-order valence-corrected chi connectivity index (χ4v) is 3.60. The van der Waals surface area contributed by atoms with Crippen molar-refractivity contribution in [3.63, 3.8) is 0 Å². The minimum Gasteiger partial charge on any atom is -0.497 e. The third-order valence-electron chi connectivity index (χ3n) is 4.49. The monoisotopic (exact) mass is 561 g/mol. The molecule has 0 saturated heterocycles. The van der Waals surface area contributed by atoms with E-state index in [0.29, 0.717) is 28.4 Å². The molecule has 0 heterocycles. The molecule has 0 fully saturated rings. The fraction of sp³-hybridized carbons (Fsp3) is 0.130. The Kier molecular flexibility index (Phi) is 8.19. The van der Waals surface area contributed by atoms with Crippen molar-refractivity contribution in [2.75, 3.05) is 14.2 Å². The lowest BCUT2D eigenvalue weighted by Gasteiger charge is -2.13. The van der Waals surface area contributed by atoms with E-state index >= 15 is 0 Å². The van der Waals surface area contributed by atoms with Crippen molar-refractivity contribution in [2.45, 2.75) is 6.61 Å². The number of ether oxygens (including phenoxy) is 3. The molecule has 3 aromatic carbocycles. The molecule has 0 spiro atoms. The van der Waals surface area contributed by atoms with Gasteiger partial charge in [0.15, 0.2) is 11.5 Å². The van der Waals surface area contributed by atoms with Gasteiger partial charge in [0.1, 0.15) is 12.4 Å². The molecule has 1 N–H and O–H groups in total. The number of halogens is 1.